The molecule has 1 atom stereocenters. The van der Waals surface area contributed by atoms with Crippen LogP contribution in [0.5, 0.6) is 0 Å². The van der Waals surface area contributed by atoms with Crippen LogP contribution in [0.1, 0.15) is 43.9 Å². The average molecular weight is 474 g/mol. The molecule has 0 radical (unpaired) electrons. The van der Waals surface area contributed by atoms with Gasteiger partial charge in [-0.05, 0) is 56.9 Å². The lowest BCUT2D eigenvalue weighted by molar-refractivity contribution is -0.140. The number of benzene rings is 2. The zero-order valence-corrected chi connectivity index (χ0v) is 21.1. The maximum atomic E-state index is 13.6. The molecule has 0 aliphatic carbocycles. The number of hydrogen-bond acceptors (Lipinski definition) is 4. The summed E-state index contributed by atoms with van der Waals surface area (Å²) in [6.45, 7) is 9.14. The summed E-state index contributed by atoms with van der Waals surface area (Å²) < 4.78 is 26.4. The van der Waals surface area contributed by atoms with E-state index in [4.69, 9.17) is 0 Å². The van der Waals surface area contributed by atoms with E-state index >= 15 is 0 Å². The SMILES string of the molecule is CC[C@H](C(=O)NC(C)C)N(Cc1ccccc1C)C(=O)CN(c1ccccc1C)S(C)(=O)=O. The van der Waals surface area contributed by atoms with Crippen molar-refractivity contribution in [1.82, 2.24) is 10.2 Å². The smallest absolute Gasteiger partial charge is 0.244 e. The van der Waals surface area contributed by atoms with Crippen molar-refractivity contribution in [2.75, 3.05) is 17.1 Å². The van der Waals surface area contributed by atoms with Gasteiger partial charge in [0, 0.05) is 12.6 Å². The van der Waals surface area contributed by atoms with Gasteiger partial charge in [-0.2, -0.15) is 0 Å². The van der Waals surface area contributed by atoms with Crippen LogP contribution in [0.2, 0.25) is 0 Å². The molecule has 8 heteroatoms. The highest BCUT2D eigenvalue weighted by atomic mass is 32.2. The summed E-state index contributed by atoms with van der Waals surface area (Å²) in [5, 5.41) is 2.89. The van der Waals surface area contributed by atoms with Gasteiger partial charge in [0.15, 0.2) is 0 Å². The molecule has 2 aromatic rings. The maximum Gasteiger partial charge on any atom is 0.244 e. The summed E-state index contributed by atoms with van der Waals surface area (Å²) in [4.78, 5) is 28.1. The maximum absolute atomic E-state index is 13.6. The first kappa shape index (κ1) is 26.4. The molecule has 1 N–H and O–H groups in total. The van der Waals surface area contributed by atoms with Crippen LogP contribution >= 0.6 is 0 Å². The molecule has 2 amide bonds. The van der Waals surface area contributed by atoms with Gasteiger partial charge in [0.2, 0.25) is 21.8 Å². The van der Waals surface area contributed by atoms with Gasteiger partial charge in [-0.25, -0.2) is 8.42 Å². The van der Waals surface area contributed by atoms with E-state index in [1.807, 2.05) is 58.0 Å². The lowest BCUT2D eigenvalue weighted by atomic mass is 10.1. The van der Waals surface area contributed by atoms with E-state index in [2.05, 4.69) is 5.32 Å². The largest absolute Gasteiger partial charge is 0.352 e. The summed E-state index contributed by atoms with van der Waals surface area (Å²) >= 11 is 0. The highest BCUT2D eigenvalue weighted by molar-refractivity contribution is 7.92. The number of para-hydroxylation sites is 1. The lowest BCUT2D eigenvalue weighted by Crippen LogP contribution is -2.53. The Hall–Kier alpha value is -2.87. The molecule has 0 spiro atoms. The summed E-state index contributed by atoms with van der Waals surface area (Å²) in [5.74, 6) is -0.686. The monoisotopic (exact) mass is 473 g/mol. The molecule has 33 heavy (non-hydrogen) atoms. The van der Waals surface area contributed by atoms with Crippen molar-refractivity contribution < 1.29 is 18.0 Å². The molecule has 0 bridgehead atoms. The van der Waals surface area contributed by atoms with Crippen molar-refractivity contribution in [2.24, 2.45) is 0 Å². The Morgan fingerprint density at radius 1 is 0.970 bits per heavy atom. The minimum absolute atomic E-state index is 0.0820. The zero-order valence-electron chi connectivity index (χ0n) is 20.3. The number of nitrogens with one attached hydrogen (secondary N) is 1. The van der Waals surface area contributed by atoms with Crippen LogP contribution in [0.4, 0.5) is 5.69 Å². The molecule has 0 saturated heterocycles. The van der Waals surface area contributed by atoms with Crippen LogP contribution in [-0.2, 0) is 26.2 Å². The molecule has 2 aromatic carbocycles. The van der Waals surface area contributed by atoms with E-state index in [-0.39, 0.29) is 25.0 Å². The van der Waals surface area contributed by atoms with Crippen molar-refractivity contribution >= 4 is 27.5 Å². The van der Waals surface area contributed by atoms with E-state index in [0.29, 0.717) is 12.1 Å². The topological polar surface area (TPSA) is 86.8 Å². The Bertz CT molecular complexity index is 1080. The molecule has 0 aliphatic rings. The summed E-state index contributed by atoms with van der Waals surface area (Å²) in [5.41, 5.74) is 3.09. The van der Waals surface area contributed by atoms with Gasteiger partial charge in [-0.15, -0.1) is 0 Å². The lowest BCUT2D eigenvalue weighted by Gasteiger charge is -2.33. The van der Waals surface area contributed by atoms with E-state index < -0.39 is 22.0 Å². The van der Waals surface area contributed by atoms with Crippen LogP contribution < -0.4 is 9.62 Å². The second-order valence-electron chi connectivity index (χ2n) is 8.59. The van der Waals surface area contributed by atoms with E-state index in [9.17, 15) is 18.0 Å². The number of hydrogen-bond donors (Lipinski definition) is 1. The third kappa shape index (κ3) is 7.05. The number of carbonyl (C=O) groups excluding carboxylic acids is 2. The normalized spacial score (nSPS) is 12.3. The molecule has 7 nitrogen and oxygen atoms in total. The summed E-state index contributed by atoms with van der Waals surface area (Å²) in [6.07, 6.45) is 1.49. The first-order chi connectivity index (χ1) is 15.5. The predicted octanol–water partition coefficient (Wildman–Crippen LogP) is 3.40. The molecular formula is C25H35N3O4S. The molecule has 0 heterocycles. The van der Waals surface area contributed by atoms with Gasteiger partial charge in [0.1, 0.15) is 12.6 Å². The Labute approximate surface area is 197 Å². The van der Waals surface area contributed by atoms with Crippen molar-refractivity contribution in [1.29, 1.82) is 0 Å². The number of aryl methyl sites for hydroxylation is 2. The fourth-order valence-electron chi connectivity index (χ4n) is 3.71. The highest BCUT2D eigenvalue weighted by Crippen LogP contribution is 2.23. The molecule has 180 valence electrons. The number of anilines is 1. The molecule has 0 fully saturated rings. The Morgan fingerprint density at radius 3 is 2.06 bits per heavy atom. The number of nitrogens with zero attached hydrogens (tertiary/aromatic N) is 2. The number of rotatable bonds is 10. The third-order valence-electron chi connectivity index (χ3n) is 5.48. The zero-order chi connectivity index (χ0) is 24.8. The van der Waals surface area contributed by atoms with Crippen LogP contribution in [0, 0.1) is 13.8 Å². The first-order valence-corrected chi connectivity index (χ1v) is 13.0. The Morgan fingerprint density at radius 2 is 1.55 bits per heavy atom. The van der Waals surface area contributed by atoms with Gasteiger partial charge in [0.25, 0.3) is 0 Å². The molecule has 0 unspecified atom stereocenters. The van der Waals surface area contributed by atoms with Crippen LogP contribution in [-0.4, -0.2) is 50.0 Å². The fraction of sp³-hybridized carbons (Fsp3) is 0.440. The fourth-order valence-corrected chi connectivity index (χ4v) is 4.62. The van der Waals surface area contributed by atoms with Crippen molar-refractivity contribution in [3.63, 3.8) is 0 Å². The van der Waals surface area contributed by atoms with E-state index in [1.54, 1.807) is 25.1 Å². The standard InChI is InChI=1S/C25H35N3O4S/c1-7-22(25(30)26-18(2)3)27(16-21-14-10-8-12-19(21)4)24(29)17-28(33(6,31)32)23-15-11-9-13-20(23)5/h8-15,18,22H,7,16-17H2,1-6H3,(H,26,30)/t22-/m1/s1. The average Bonchev–Trinajstić information content (AvgIpc) is 2.72. The van der Waals surface area contributed by atoms with Gasteiger partial charge in [0.05, 0.1) is 11.9 Å². The Balaban J connectivity index is 2.47. The van der Waals surface area contributed by atoms with Crippen LogP contribution in [0.15, 0.2) is 48.5 Å². The molecule has 0 saturated carbocycles. The van der Waals surface area contributed by atoms with E-state index in [1.165, 1.54) is 4.90 Å². The molecule has 0 aromatic heterocycles. The molecular weight excluding hydrogens is 438 g/mol. The second-order valence-corrected chi connectivity index (χ2v) is 10.5. The second kappa shape index (κ2) is 11.3. The number of carbonyl (C=O) groups is 2. The van der Waals surface area contributed by atoms with E-state index in [0.717, 1.165) is 27.3 Å². The summed E-state index contributed by atoms with van der Waals surface area (Å²) in [6, 6.07) is 13.9. The van der Waals surface area contributed by atoms with Gasteiger partial charge >= 0.3 is 0 Å². The highest BCUT2D eigenvalue weighted by Gasteiger charge is 2.32. The summed E-state index contributed by atoms with van der Waals surface area (Å²) in [7, 11) is -3.74. The van der Waals surface area contributed by atoms with Gasteiger partial charge < -0.3 is 10.2 Å². The number of sulfonamides is 1. The Kier molecular flexibility index (Phi) is 9.05. The molecule has 2 rings (SSSR count). The van der Waals surface area contributed by atoms with Crippen molar-refractivity contribution in [3.05, 3.63) is 65.2 Å². The quantitative estimate of drug-likeness (QED) is 0.573. The minimum Gasteiger partial charge on any atom is -0.352 e. The van der Waals surface area contributed by atoms with Crippen LogP contribution in [0.3, 0.4) is 0 Å². The number of amides is 2. The minimum atomic E-state index is -3.74. The molecule has 0 aliphatic heterocycles. The van der Waals surface area contributed by atoms with Crippen LogP contribution in [0.25, 0.3) is 0 Å². The van der Waals surface area contributed by atoms with Crippen molar-refractivity contribution in [2.45, 2.75) is 59.7 Å². The predicted molar refractivity (Wildman–Crippen MR) is 132 cm³/mol. The first-order valence-electron chi connectivity index (χ1n) is 11.1. The van der Waals surface area contributed by atoms with Crippen molar-refractivity contribution in [3.8, 4) is 0 Å². The third-order valence-corrected chi connectivity index (χ3v) is 6.61. The van der Waals surface area contributed by atoms with Gasteiger partial charge in [-0.1, -0.05) is 49.4 Å². The van der Waals surface area contributed by atoms with Gasteiger partial charge in [-0.3, -0.25) is 13.9 Å².